The van der Waals surface area contributed by atoms with Crippen molar-refractivity contribution in [3.05, 3.63) is 0 Å². The van der Waals surface area contributed by atoms with Gasteiger partial charge in [-0.15, -0.1) is 0 Å². The van der Waals surface area contributed by atoms with Crippen LogP contribution in [0.25, 0.3) is 0 Å². The molecule has 0 bridgehead atoms. The van der Waals surface area contributed by atoms with Crippen LogP contribution in [0.3, 0.4) is 0 Å². The second-order valence-electron chi connectivity index (χ2n) is 4.10. The van der Waals surface area contributed by atoms with E-state index in [9.17, 15) is 0 Å². The summed E-state index contributed by atoms with van der Waals surface area (Å²) in [6.45, 7) is 8.81. The molecule has 0 amide bonds. The molecule has 2 N–H and O–H groups in total. The third-order valence-corrected chi connectivity index (χ3v) is 2.14. The van der Waals surface area contributed by atoms with Gasteiger partial charge in [0.1, 0.15) is 1.41 Å². The zero-order valence-corrected chi connectivity index (χ0v) is 7.15. The van der Waals surface area contributed by atoms with Gasteiger partial charge in [0.15, 0.2) is 0 Å². The first-order valence-electron chi connectivity index (χ1n) is 4.46. The average molecular weight is 143 g/mol. The van der Waals surface area contributed by atoms with Gasteiger partial charge in [0.05, 0.1) is 0 Å². The van der Waals surface area contributed by atoms with Gasteiger partial charge in [-0.3, -0.25) is 4.90 Å². The molecule has 2 heteroatoms. The molecule has 1 aliphatic rings. The van der Waals surface area contributed by atoms with Crippen LogP contribution >= 0.6 is 0 Å². The summed E-state index contributed by atoms with van der Waals surface area (Å²) < 4.78 is 7.02. The van der Waals surface area contributed by atoms with Gasteiger partial charge in [0, 0.05) is 24.7 Å². The standard InChI is InChI=1S/C8H18N2/c1-8(2,3)10-5-4-7(9)6-10/h7H,4-6,9H2,1-3H3/i/hD. The minimum atomic E-state index is 0.269. The highest BCUT2D eigenvalue weighted by Crippen LogP contribution is 2.18. The topological polar surface area (TPSA) is 29.3 Å². The Morgan fingerprint density at radius 2 is 2.30 bits per heavy atom. The summed E-state index contributed by atoms with van der Waals surface area (Å²) in [4.78, 5) is 2.42. The van der Waals surface area contributed by atoms with Crippen molar-refractivity contribution >= 4 is 0 Å². The molecule has 1 unspecified atom stereocenters. The highest BCUT2D eigenvalue weighted by atomic mass is 15.2. The molecule has 0 spiro atoms. The van der Waals surface area contributed by atoms with E-state index in [0.29, 0.717) is 6.04 Å². The van der Waals surface area contributed by atoms with Gasteiger partial charge >= 0.3 is 0 Å². The normalized spacial score (nSPS) is 30.7. The molecule has 1 rings (SSSR count). The number of rotatable bonds is 1. The molecule has 0 aromatic heterocycles. The van der Waals surface area contributed by atoms with Crippen LogP contribution in [0.5, 0.6) is 0 Å². The number of likely N-dealkylation sites (tertiary alicyclic amines) is 1. The Hall–Kier alpha value is -0.0800. The van der Waals surface area contributed by atoms with Crippen LogP contribution in [-0.2, 0) is 0 Å². The molecule has 1 heterocycles. The molecule has 1 aliphatic heterocycles. The number of hydrogen-bond acceptors (Lipinski definition) is 2. The predicted molar refractivity (Wildman–Crippen MR) is 43.9 cm³/mol. The predicted octanol–water partition coefficient (Wildman–Crippen LogP) is 0.818. The minimum absolute atomic E-state index is 0.269. The maximum absolute atomic E-state index is 7.02. The van der Waals surface area contributed by atoms with Crippen molar-refractivity contribution in [2.75, 3.05) is 13.1 Å². The summed E-state index contributed by atoms with van der Waals surface area (Å²) >= 11 is 0. The van der Waals surface area contributed by atoms with E-state index in [0.717, 1.165) is 19.5 Å². The van der Waals surface area contributed by atoms with Crippen molar-refractivity contribution in [3.8, 4) is 0 Å². The summed E-state index contributed by atoms with van der Waals surface area (Å²) in [7, 11) is 0. The number of hydrogen-bond donors (Lipinski definition) is 1. The first kappa shape index (κ1) is 6.62. The monoisotopic (exact) mass is 143 g/mol. The second kappa shape index (κ2) is 2.51. The molecule has 0 aromatic rings. The van der Waals surface area contributed by atoms with Crippen molar-refractivity contribution in [3.63, 3.8) is 0 Å². The fraction of sp³-hybridized carbons (Fsp3) is 1.00. The van der Waals surface area contributed by atoms with Crippen molar-refractivity contribution in [1.29, 1.82) is 0 Å². The van der Waals surface area contributed by atoms with E-state index >= 15 is 0 Å². The zero-order chi connectivity index (χ0) is 8.48. The van der Waals surface area contributed by atoms with Gasteiger partial charge < -0.3 is 5.73 Å². The lowest BCUT2D eigenvalue weighted by Crippen LogP contribution is -2.40. The summed E-state index contributed by atoms with van der Waals surface area (Å²) in [5, 5.41) is 0. The number of nitrogens with two attached hydrogens (primary N) is 1. The van der Waals surface area contributed by atoms with Gasteiger partial charge in [0.2, 0.25) is 0 Å². The molecule has 1 saturated heterocycles. The van der Waals surface area contributed by atoms with Gasteiger partial charge in [-0.1, -0.05) is 0 Å². The van der Waals surface area contributed by atoms with E-state index < -0.39 is 0 Å². The molecule has 0 aromatic carbocycles. The molecule has 60 valence electrons. The summed E-state index contributed by atoms with van der Waals surface area (Å²) in [6, 6.07) is 0.384. The fourth-order valence-corrected chi connectivity index (χ4v) is 1.37. The van der Waals surface area contributed by atoms with Crippen molar-refractivity contribution in [2.45, 2.75) is 38.8 Å². The maximum atomic E-state index is 7.02. The Morgan fingerprint density at radius 1 is 1.60 bits per heavy atom. The molecule has 1 atom stereocenters. The van der Waals surface area contributed by atoms with Crippen LogP contribution in [0.15, 0.2) is 0 Å². The van der Waals surface area contributed by atoms with Crippen LogP contribution in [0, 0.1) is 0 Å². The SMILES string of the molecule is [2H]NC1CCN(C(C)(C)C)C1. The summed E-state index contributed by atoms with van der Waals surface area (Å²) in [5.41, 5.74) is 2.84. The molecular weight excluding hydrogens is 124 g/mol. The molecule has 0 saturated carbocycles. The Kier molecular flexibility index (Phi) is 1.66. The lowest BCUT2D eigenvalue weighted by molar-refractivity contribution is 0.173. The third kappa shape index (κ3) is 1.70. The third-order valence-electron chi connectivity index (χ3n) is 2.14. The van der Waals surface area contributed by atoms with Crippen LogP contribution < -0.4 is 5.73 Å². The fourth-order valence-electron chi connectivity index (χ4n) is 1.37. The van der Waals surface area contributed by atoms with Gasteiger partial charge in [-0.05, 0) is 27.2 Å². The van der Waals surface area contributed by atoms with Crippen molar-refractivity contribution in [2.24, 2.45) is 5.73 Å². The van der Waals surface area contributed by atoms with E-state index in [1.165, 1.54) is 0 Å². The van der Waals surface area contributed by atoms with E-state index in [1.807, 2.05) is 0 Å². The lowest BCUT2D eigenvalue weighted by atomic mass is 10.1. The van der Waals surface area contributed by atoms with Crippen LogP contribution in [0.1, 0.15) is 27.2 Å². The molecular formula is C8H18N2. The highest BCUT2D eigenvalue weighted by Gasteiger charge is 2.27. The number of nitrogens with zero attached hydrogens (tertiary/aromatic N) is 1. The summed E-state index contributed by atoms with van der Waals surface area (Å²) in [6.07, 6.45) is 1.11. The van der Waals surface area contributed by atoms with Gasteiger partial charge in [-0.2, -0.15) is 0 Å². The lowest BCUT2D eigenvalue weighted by Gasteiger charge is -2.31. The zero-order valence-electron chi connectivity index (χ0n) is 8.15. The van der Waals surface area contributed by atoms with Crippen LogP contribution in [-0.4, -0.2) is 29.6 Å². The molecule has 2 nitrogen and oxygen atoms in total. The summed E-state index contributed by atoms with van der Waals surface area (Å²) in [5.74, 6) is 0. The Bertz CT molecular complexity index is 131. The van der Waals surface area contributed by atoms with Crippen LogP contribution in [0.2, 0.25) is 1.41 Å². The average Bonchev–Trinajstić information content (AvgIpc) is 2.32. The molecule has 10 heavy (non-hydrogen) atoms. The quantitative estimate of drug-likeness (QED) is 0.589. The van der Waals surface area contributed by atoms with Crippen molar-refractivity contribution in [1.82, 2.24) is 4.90 Å². The van der Waals surface area contributed by atoms with E-state index in [-0.39, 0.29) is 5.54 Å². The Morgan fingerprint density at radius 3 is 2.60 bits per heavy atom. The molecule has 1 fully saturated rings. The maximum Gasteiger partial charge on any atom is 0.119 e. The first-order chi connectivity index (χ1) is 5.04. The Balaban J connectivity index is 2.42. The van der Waals surface area contributed by atoms with Gasteiger partial charge in [-0.25, -0.2) is 0 Å². The van der Waals surface area contributed by atoms with E-state index in [2.05, 4.69) is 31.4 Å². The molecule has 0 aliphatic carbocycles. The molecule has 0 radical (unpaired) electrons. The first-order valence-corrected chi connectivity index (χ1v) is 3.96. The second-order valence-corrected chi connectivity index (χ2v) is 4.10. The largest absolute Gasteiger partial charge is 0.326 e. The highest BCUT2D eigenvalue weighted by molar-refractivity contribution is 4.86. The van der Waals surface area contributed by atoms with E-state index in [4.69, 9.17) is 1.41 Å². The van der Waals surface area contributed by atoms with Gasteiger partial charge in [0.25, 0.3) is 0 Å². The smallest absolute Gasteiger partial charge is 0.119 e. The van der Waals surface area contributed by atoms with E-state index in [1.54, 1.807) is 0 Å². The van der Waals surface area contributed by atoms with Crippen LogP contribution in [0.4, 0.5) is 0 Å². The Labute approximate surface area is 64.9 Å². The minimum Gasteiger partial charge on any atom is -0.326 e. The van der Waals surface area contributed by atoms with Crippen molar-refractivity contribution < 1.29 is 1.41 Å².